The van der Waals surface area contributed by atoms with Crippen LogP contribution in [-0.4, -0.2) is 75.1 Å². The number of ether oxygens (including phenoxy) is 1. The molecule has 42 heavy (non-hydrogen) atoms. The number of pyridine rings is 1. The molecule has 0 spiro atoms. The molecule has 1 aromatic carbocycles. The van der Waals surface area contributed by atoms with Gasteiger partial charge < -0.3 is 19.9 Å². The molecule has 10 heteroatoms. The van der Waals surface area contributed by atoms with Gasteiger partial charge in [0.05, 0.1) is 5.92 Å². The van der Waals surface area contributed by atoms with Gasteiger partial charge in [0.15, 0.2) is 5.82 Å². The number of rotatable bonds is 8. The first-order valence-corrected chi connectivity index (χ1v) is 14.6. The number of piperidine rings is 1. The number of nitrogens with zero attached hydrogens (tertiary/aromatic N) is 7. The monoisotopic (exact) mass is 564 g/mol. The van der Waals surface area contributed by atoms with Crippen LogP contribution in [0.15, 0.2) is 67.0 Å². The van der Waals surface area contributed by atoms with E-state index in [1.165, 1.54) is 0 Å². The average molecular weight is 565 g/mol. The number of hydrogen-bond acceptors (Lipinski definition) is 10. The molecule has 4 aromatic rings. The molecule has 1 N–H and O–H groups in total. The van der Waals surface area contributed by atoms with Gasteiger partial charge in [-0.15, -0.1) is 0 Å². The summed E-state index contributed by atoms with van der Waals surface area (Å²) < 4.78 is 5.83. The third kappa shape index (κ3) is 6.88. The first-order chi connectivity index (χ1) is 20.5. The predicted octanol–water partition coefficient (Wildman–Crippen LogP) is 4.44. The lowest BCUT2D eigenvalue weighted by Gasteiger charge is -2.33. The minimum absolute atomic E-state index is 0.0300. The Labute approximate surface area is 246 Å². The van der Waals surface area contributed by atoms with Crippen LogP contribution in [0, 0.1) is 12.8 Å². The Bertz CT molecular complexity index is 1530. The molecule has 0 saturated carbocycles. The first-order valence-electron chi connectivity index (χ1n) is 14.6. The Morgan fingerprint density at radius 1 is 0.929 bits per heavy atom. The van der Waals surface area contributed by atoms with Crippen molar-refractivity contribution >= 4 is 23.3 Å². The minimum atomic E-state index is -0.0768. The Morgan fingerprint density at radius 2 is 1.74 bits per heavy atom. The van der Waals surface area contributed by atoms with Crippen molar-refractivity contribution in [2.75, 3.05) is 43.4 Å². The van der Waals surface area contributed by atoms with Crippen LogP contribution in [-0.2, 0) is 16.0 Å². The Kier molecular flexibility index (Phi) is 8.32. The summed E-state index contributed by atoms with van der Waals surface area (Å²) >= 11 is 0. The van der Waals surface area contributed by atoms with Gasteiger partial charge in [0, 0.05) is 56.4 Å². The second-order valence-corrected chi connectivity index (χ2v) is 11.2. The van der Waals surface area contributed by atoms with Crippen molar-refractivity contribution in [1.82, 2.24) is 29.8 Å². The molecule has 0 bridgehead atoms. The maximum Gasteiger partial charge on any atom is 0.311 e. The summed E-state index contributed by atoms with van der Waals surface area (Å²) in [6.45, 7) is 5.40. The largest absolute Gasteiger partial charge is 0.461 e. The third-order valence-electron chi connectivity index (χ3n) is 7.78. The quantitative estimate of drug-likeness (QED) is 0.309. The molecule has 10 nitrogen and oxygen atoms in total. The van der Waals surface area contributed by atoms with Crippen molar-refractivity contribution in [3.63, 3.8) is 0 Å². The summed E-state index contributed by atoms with van der Waals surface area (Å²) in [5, 5.41) is 3.27. The van der Waals surface area contributed by atoms with Gasteiger partial charge in [0.25, 0.3) is 0 Å². The third-order valence-corrected chi connectivity index (χ3v) is 7.78. The number of anilines is 3. The molecular formula is C32H36N8O2. The van der Waals surface area contributed by atoms with Gasteiger partial charge in [-0.25, -0.2) is 24.9 Å². The van der Waals surface area contributed by atoms with Crippen LogP contribution in [0.5, 0.6) is 0 Å². The van der Waals surface area contributed by atoms with E-state index in [-0.39, 0.29) is 18.0 Å². The van der Waals surface area contributed by atoms with E-state index in [4.69, 9.17) is 9.72 Å². The maximum absolute atomic E-state index is 12.8. The van der Waals surface area contributed by atoms with Gasteiger partial charge in [-0.3, -0.25) is 4.79 Å². The number of benzene rings is 1. The van der Waals surface area contributed by atoms with Gasteiger partial charge >= 0.3 is 5.97 Å². The highest BCUT2D eigenvalue weighted by atomic mass is 16.5. The molecule has 3 aromatic heterocycles. The molecule has 0 aliphatic carbocycles. The van der Waals surface area contributed by atoms with Crippen molar-refractivity contribution in [2.45, 2.75) is 38.7 Å². The zero-order chi connectivity index (χ0) is 28.9. The van der Waals surface area contributed by atoms with Crippen LogP contribution in [0.4, 0.5) is 17.3 Å². The van der Waals surface area contributed by atoms with E-state index in [2.05, 4.69) is 66.4 Å². The second-order valence-electron chi connectivity index (χ2n) is 11.2. The second kappa shape index (κ2) is 12.6. The van der Waals surface area contributed by atoms with Crippen LogP contribution < -0.4 is 10.2 Å². The molecule has 0 amide bonds. The topological polar surface area (TPSA) is 109 Å². The van der Waals surface area contributed by atoms with Crippen molar-refractivity contribution < 1.29 is 9.53 Å². The average Bonchev–Trinajstić information content (AvgIpc) is 3.42. The fourth-order valence-electron chi connectivity index (χ4n) is 5.57. The van der Waals surface area contributed by atoms with Crippen molar-refractivity contribution in [1.29, 1.82) is 0 Å². The SMILES string of the molecule is Cc1cccc(-c2nccc(Nc3ccnc(Cc4ccc(N5CCCC(C(=O)OC6CCN(C)C6)C5)cc4)n3)n2)n1. The van der Waals surface area contributed by atoms with Crippen molar-refractivity contribution in [3.05, 3.63) is 84.1 Å². The number of aryl methyl sites for hydroxylation is 1. The van der Waals surface area contributed by atoms with Crippen LogP contribution >= 0.6 is 0 Å². The molecule has 2 aliphatic heterocycles. The molecule has 2 aliphatic rings. The van der Waals surface area contributed by atoms with E-state index >= 15 is 0 Å². The Balaban J connectivity index is 1.06. The maximum atomic E-state index is 12.8. The van der Waals surface area contributed by atoms with E-state index in [1.54, 1.807) is 18.5 Å². The Hall–Kier alpha value is -4.44. The fraction of sp³-hybridized carbons (Fsp3) is 0.375. The molecule has 2 atom stereocenters. The lowest BCUT2D eigenvalue weighted by molar-refractivity contribution is -0.153. The highest BCUT2D eigenvalue weighted by molar-refractivity contribution is 5.74. The van der Waals surface area contributed by atoms with Gasteiger partial charge in [-0.1, -0.05) is 18.2 Å². The van der Waals surface area contributed by atoms with Crippen molar-refractivity contribution in [2.24, 2.45) is 5.92 Å². The summed E-state index contributed by atoms with van der Waals surface area (Å²) in [4.78, 5) is 40.0. The lowest BCUT2D eigenvalue weighted by atomic mass is 9.97. The minimum Gasteiger partial charge on any atom is -0.461 e. The van der Waals surface area contributed by atoms with E-state index in [9.17, 15) is 4.79 Å². The molecule has 2 saturated heterocycles. The Morgan fingerprint density at radius 3 is 2.52 bits per heavy atom. The number of esters is 1. The molecule has 2 fully saturated rings. The number of hydrogen-bond donors (Lipinski definition) is 1. The molecule has 6 rings (SSSR count). The van der Waals surface area contributed by atoms with E-state index in [0.717, 1.165) is 61.5 Å². The van der Waals surface area contributed by atoms with Gasteiger partial charge in [0.1, 0.15) is 29.3 Å². The summed E-state index contributed by atoms with van der Waals surface area (Å²) in [6.07, 6.45) is 6.88. The van der Waals surface area contributed by atoms with E-state index in [1.807, 2.05) is 31.2 Å². The molecule has 0 radical (unpaired) electrons. The zero-order valence-electron chi connectivity index (χ0n) is 24.1. The number of likely N-dealkylation sites (N-methyl/N-ethyl adjacent to an activating group) is 1. The standard InChI is InChI=1S/C32H36N8O2/c1-22-5-3-7-27(35-22)31-34-16-13-29(38-31)36-28-12-15-33-30(37-28)19-23-8-10-25(11-9-23)40-17-4-6-24(20-40)32(41)42-26-14-18-39(2)21-26/h3,5,7-13,15-16,24,26H,4,6,14,17-21H2,1-2H3,(H,33,34,36,37,38). The fourth-order valence-corrected chi connectivity index (χ4v) is 5.57. The number of carbonyl (C=O) groups excluding carboxylic acids is 1. The van der Waals surface area contributed by atoms with E-state index < -0.39 is 0 Å². The number of nitrogens with one attached hydrogen (secondary N) is 1. The van der Waals surface area contributed by atoms with E-state index in [0.29, 0.717) is 36.3 Å². The molecular weight excluding hydrogens is 528 g/mol. The summed E-state index contributed by atoms with van der Waals surface area (Å²) in [7, 11) is 2.07. The highest BCUT2D eigenvalue weighted by Gasteiger charge is 2.31. The predicted molar refractivity (Wildman–Crippen MR) is 161 cm³/mol. The lowest BCUT2D eigenvalue weighted by Crippen LogP contribution is -2.40. The van der Waals surface area contributed by atoms with Crippen LogP contribution in [0.25, 0.3) is 11.5 Å². The number of carbonyl (C=O) groups is 1. The molecule has 216 valence electrons. The van der Waals surface area contributed by atoms with Crippen LogP contribution in [0.1, 0.15) is 36.3 Å². The van der Waals surface area contributed by atoms with Crippen LogP contribution in [0.3, 0.4) is 0 Å². The van der Waals surface area contributed by atoms with Gasteiger partial charge in [-0.05, 0) is 75.2 Å². The summed E-state index contributed by atoms with van der Waals surface area (Å²) in [5.74, 6) is 2.43. The summed E-state index contributed by atoms with van der Waals surface area (Å²) in [5.41, 5.74) is 3.87. The molecule has 2 unspecified atom stereocenters. The van der Waals surface area contributed by atoms with Crippen molar-refractivity contribution in [3.8, 4) is 11.5 Å². The van der Waals surface area contributed by atoms with Crippen LogP contribution in [0.2, 0.25) is 0 Å². The smallest absolute Gasteiger partial charge is 0.311 e. The number of aromatic nitrogens is 5. The van der Waals surface area contributed by atoms with Gasteiger partial charge in [0.2, 0.25) is 0 Å². The van der Waals surface area contributed by atoms with Gasteiger partial charge in [-0.2, -0.15) is 0 Å². The number of likely N-dealkylation sites (tertiary alicyclic amines) is 1. The normalized spacial score (nSPS) is 19.0. The first kappa shape index (κ1) is 27.7. The molecule has 5 heterocycles. The highest BCUT2D eigenvalue weighted by Crippen LogP contribution is 2.26. The summed E-state index contributed by atoms with van der Waals surface area (Å²) in [6, 6.07) is 17.9. The zero-order valence-corrected chi connectivity index (χ0v) is 24.1.